The SMILES string of the molecule is CCNC(=NCc1ccc(COCC(F)(F)F)cc1)NCC1(O)CCCCC1. The number of aliphatic hydroxyl groups is 1. The molecule has 0 heterocycles. The van der Waals surface area contributed by atoms with E-state index in [0.717, 1.165) is 31.2 Å². The van der Waals surface area contributed by atoms with Crippen molar-refractivity contribution in [3.63, 3.8) is 0 Å². The molecule has 1 aromatic rings. The number of aliphatic imine (C=N–C) groups is 1. The van der Waals surface area contributed by atoms with Crippen molar-refractivity contribution >= 4 is 5.96 Å². The first-order chi connectivity index (χ1) is 13.3. The highest BCUT2D eigenvalue weighted by atomic mass is 19.4. The number of benzene rings is 1. The van der Waals surface area contributed by atoms with Crippen molar-refractivity contribution in [3.8, 4) is 0 Å². The summed E-state index contributed by atoms with van der Waals surface area (Å²) in [6, 6.07) is 7.14. The third-order valence-corrected chi connectivity index (χ3v) is 4.69. The highest BCUT2D eigenvalue weighted by Crippen LogP contribution is 2.27. The third kappa shape index (κ3) is 8.48. The van der Waals surface area contributed by atoms with Crippen LogP contribution in [-0.4, -0.2) is 42.5 Å². The summed E-state index contributed by atoms with van der Waals surface area (Å²) in [5.74, 6) is 0.638. The molecule has 158 valence electrons. The summed E-state index contributed by atoms with van der Waals surface area (Å²) in [5, 5.41) is 17.0. The zero-order valence-electron chi connectivity index (χ0n) is 16.3. The number of guanidine groups is 1. The molecule has 0 aliphatic heterocycles. The van der Waals surface area contributed by atoms with E-state index in [9.17, 15) is 18.3 Å². The highest BCUT2D eigenvalue weighted by Gasteiger charge is 2.29. The lowest BCUT2D eigenvalue weighted by Crippen LogP contribution is -2.48. The zero-order chi connectivity index (χ0) is 20.5. The first-order valence-corrected chi connectivity index (χ1v) is 9.76. The first kappa shape index (κ1) is 22.5. The normalized spacial score (nSPS) is 17.4. The second kappa shape index (κ2) is 10.7. The lowest BCUT2D eigenvalue weighted by Gasteiger charge is -2.32. The van der Waals surface area contributed by atoms with E-state index in [1.165, 1.54) is 6.42 Å². The monoisotopic (exact) mass is 401 g/mol. The molecule has 1 saturated carbocycles. The molecule has 0 radical (unpaired) electrons. The second-order valence-corrected chi connectivity index (χ2v) is 7.26. The molecule has 0 bridgehead atoms. The summed E-state index contributed by atoms with van der Waals surface area (Å²) in [4.78, 5) is 4.53. The number of nitrogens with one attached hydrogen (secondary N) is 2. The standard InChI is InChI=1S/C20H30F3N3O2/c1-2-24-18(26-14-19(27)10-4-3-5-11-19)25-12-16-6-8-17(9-7-16)13-28-15-20(21,22)23/h6-9,27H,2-5,10-15H2,1H3,(H2,24,25,26). The molecule has 0 saturated heterocycles. The molecule has 1 fully saturated rings. The van der Waals surface area contributed by atoms with E-state index in [1.54, 1.807) is 12.1 Å². The van der Waals surface area contributed by atoms with E-state index >= 15 is 0 Å². The lowest BCUT2D eigenvalue weighted by atomic mass is 9.85. The van der Waals surface area contributed by atoms with Crippen molar-refractivity contribution in [2.45, 2.75) is 64.0 Å². The van der Waals surface area contributed by atoms with Crippen molar-refractivity contribution in [1.82, 2.24) is 10.6 Å². The van der Waals surface area contributed by atoms with Gasteiger partial charge in [-0.1, -0.05) is 43.5 Å². The van der Waals surface area contributed by atoms with Crippen LogP contribution in [0.15, 0.2) is 29.3 Å². The van der Waals surface area contributed by atoms with Crippen molar-refractivity contribution in [3.05, 3.63) is 35.4 Å². The van der Waals surface area contributed by atoms with Gasteiger partial charge >= 0.3 is 6.18 Å². The summed E-state index contributed by atoms with van der Waals surface area (Å²) in [7, 11) is 0. The van der Waals surface area contributed by atoms with E-state index in [2.05, 4.69) is 20.4 Å². The average molecular weight is 401 g/mol. The predicted octanol–water partition coefficient (Wildman–Crippen LogP) is 3.52. The molecule has 1 aromatic carbocycles. The van der Waals surface area contributed by atoms with Crippen molar-refractivity contribution in [1.29, 1.82) is 0 Å². The van der Waals surface area contributed by atoms with Crippen molar-refractivity contribution in [2.24, 2.45) is 4.99 Å². The Morgan fingerprint density at radius 2 is 1.75 bits per heavy atom. The number of nitrogens with zero attached hydrogens (tertiary/aromatic N) is 1. The van der Waals surface area contributed by atoms with Crippen LogP contribution in [0.25, 0.3) is 0 Å². The fourth-order valence-electron chi connectivity index (χ4n) is 3.17. The van der Waals surface area contributed by atoms with Crippen LogP contribution in [0.3, 0.4) is 0 Å². The Bertz CT molecular complexity index is 612. The number of alkyl halides is 3. The van der Waals surface area contributed by atoms with Gasteiger partial charge in [0.25, 0.3) is 0 Å². The van der Waals surface area contributed by atoms with Gasteiger partial charge in [-0.15, -0.1) is 0 Å². The number of rotatable bonds is 8. The molecule has 0 atom stereocenters. The van der Waals surface area contributed by atoms with Crippen LogP contribution in [0.5, 0.6) is 0 Å². The van der Waals surface area contributed by atoms with Gasteiger partial charge in [0.1, 0.15) is 6.61 Å². The summed E-state index contributed by atoms with van der Waals surface area (Å²) < 4.78 is 41.0. The van der Waals surface area contributed by atoms with Gasteiger partial charge in [-0.3, -0.25) is 0 Å². The molecule has 2 rings (SSSR count). The number of halogens is 3. The Hall–Kier alpha value is -1.80. The van der Waals surface area contributed by atoms with E-state index in [-0.39, 0.29) is 6.61 Å². The largest absolute Gasteiger partial charge is 0.411 e. The molecule has 0 unspecified atom stereocenters. The van der Waals surface area contributed by atoms with Gasteiger partial charge in [-0.2, -0.15) is 13.2 Å². The molecule has 1 aliphatic rings. The molecule has 3 N–H and O–H groups in total. The van der Waals surface area contributed by atoms with Crippen LogP contribution < -0.4 is 10.6 Å². The maximum Gasteiger partial charge on any atom is 0.411 e. The Morgan fingerprint density at radius 3 is 2.36 bits per heavy atom. The van der Waals surface area contributed by atoms with E-state index < -0.39 is 18.4 Å². The molecule has 0 spiro atoms. The Morgan fingerprint density at radius 1 is 1.11 bits per heavy atom. The Balaban J connectivity index is 1.84. The fraction of sp³-hybridized carbons (Fsp3) is 0.650. The van der Waals surface area contributed by atoms with Crippen LogP contribution in [-0.2, 0) is 17.9 Å². The van der Waals surface area contributed by atoms with E-state index in [4.69, 9.17) is 0 Å². The predicted molar refractivity (Wildman–Crippen MR) is 103 cm³/mol. The highest BCUT2D eigenvalue weighted by molar-refractivity contribution is 5.79. The molecule has 5 nitrogen and oxygen atoms in total. The topological polar surface area (TPSA) is 65.9 Å². The average Bonchev–Trinajstić information content (AvgIpc) is 2.65. The Kier molecular flexibility index (Phi) is 8.57. The molecule has 28 heavy (non-hydrogen) atoms. The fourth-order valence-corrected chi connectivity index (χ4v) is 3.17. The molecule has 0 aromatic heterocycles. The quantitative estimate of drug-likeness (QED) is 0.461. The van der Waals surface area contributed by atoms with E-state index in [0.29, 0.717) is 31.2 Å². The lowest BCUT2D eigenvalue weighted by molar-refractivity contribution is -0.176. The molecule has 0 amide bonds. The summed E-state index contributed by atoms with van der Waals surface area (Å²) in [6.07, 6.45) is 0.563. The van der Waals surface area contributed by atoms with Crippen LogP contribution >= 0.6 is 0 Å². The van der Waals surface area contributed by atoms with Crippen LogP contribution in [0, 0.1) is 0 Å². The van der Waals surface area contributed by atoms with Gasteiger partial charge in [0.15, 0.2) is 5.96 Å². The smallest absolute Gasteiger partial charge is 0.388 e. The van der Waals surface area contributed by atoms with Gasteiger partial charge < -0.3 is 20.5 Å². The maximum atomic E-state index is 12.1. The van der Waals surface area contributed by atoms with Gasteiger partial charge in [0, 0.05) is 13.1 Å². The number of hydrogen-bond donors (Lipinski definition) is 3. The molecular formula is C20H30F3N3O2. The van der Waals surface area contributed by atoms with Crippen molar-refractivity contribution < 1.29 is 23.0 Å². The Labute approximate surface area is 164 Å². The summed E-state index contributed by atoms with van der Waals surface area (Å²) in [5.41, 5.74) is 0.946. The minimum absolute atomic E-state index is 0.0775. The van der Waals surface area contributed by atoms with Gasteiger partial charge in [-0.05, 0) is 30.9 Å². The first-order valence-electron chi connectivity index (χ1n) is 9.76. The molecule has 8 heteroatoms. The zero-order valence-corrected chi connectivity index (χ0v) is 16.3. The molecule has 1 aliphatic carbocycles. The maximum absolute atomic E-state index is 12.1. The summed E-state index contributed by atoms with van der Waals surface area (Å²) >= 11 is 0. The second-order valence-electron chi connectivity index (χ2n) is 7.26. The number of hydrogen-bond acceptors (Lipinski definition) is 3. The van der Waals surface area contributed by atoms with E-state index in [1.807, 2.05) is 19.1 Å². The van der Waals surface area contributed by atoms with Crippen LogP contribution in [0.4, 0.5) is 13.2 Å². The summed E-state index contributed by atoms with van der Waals surface area (Å²) in [6.45, 7) is 2.25. The number of ether oxygens (including phenoxy) is 1. The molecular weight excluding hydrogens is 371 g/mol. The third-order valence-electron chi connectivity index (χ3n) is 4.69. The van der Waals surface area contributed by atoms with Crippen LogP contribution in [0.1, 0.15) is 50.2 Å². The van der Waals surface area contributed by atoms with Gasteiger partial charge in [0.2, 0.25) is 0 Å². The van der Waals surface area contributed by atoms with Gasteiger partial charge in [-0.25, -0.2) is 4.99 Å². The van der Waals surface area contributed by atoms with Crippen molar-refractivity contribution in [2.75, 3.05) is 19.7 Å². The van der Waals surface area contributed by atoms with Gasteiger partial charge in [0.05, 0.1) is 18.8 Å². The minimum atomic E-state index is -4.31. The minimum Gasteiger partial charge on any atom is -0.388 e. The van der Waals surface area contributed by atoms with Crippen LogP contribution in [0.2, 0.25) is 0 Å².